The Morgan fingerprint density at radius 1 is 1.35 bits per heavy atom. The number of amides is 2. The van der Waals surface area contributed by atoms with Crippen molar-refractivity contribution in [2.24, 2.45) is 18.7 Å². The minimum atomic E-state index is -0.258. The van der Waals surface area contributed by atoms with Crippen LogP contribution in [0, 0.1) is 12.8 Å². The third-order valence-electron chi connectivity index (χ3n) is 5.01. The number of hydrogen-bond donors (Lipinski definition) is 2. The molecule has 1 aromatic rings. The van der Waals surface area contributed by atoms with Gasteiger partial charge in [0.2, 0.25) is 11.8 Å². The van der Waals surface area contributed by atoms with Crippen LogP contribution in [0.1, 0.15) is 37.8 Å². The van der Waals surface area contributed by atoms with E-state index in [0.717, 1.165) is 43.6 Å². The third kappa shape index (κ3) is 3.10. The van der Waals surface area contributed by atoms with Gasteiger partial charge in [-0.15, -0.1) is 0 Å². The van der Waals surface area contributed by atoms with Gasteiger partial charge in [-0.3, -0.25) is 19.2 Å². The molecule has 0 bridgehead atoms. The van der Waals surface area contributed by atoms with Crippen molar-refractivity contribution in [1.29, 1.82) is 0 Å². The highest BCUT2D eigenvalue weighted by Gasteiger charge is 2.38. The lowest BCUT2D eigenvalue weighted by molar-refractivity contribution is -0.125. The first-order valence-corrected chi connectivity index (χ1v) is 8.34. The van der Waals surface area contributed by atoms with Gasteiger partial charge in [-0.1, -0.05) is 12.8 Å². The van der Waals surface area contributed by atoms with Crippen molar-refractivity contribution in [1.82, 2.24) is 15.1 Å². The lowest BCUT2D eigenvalue weighted by Crippen LogP contribution is -2.51. The molecule has 2 fully saturated rings. The first kappa shape index (κ1) is 16.0. The third-order valence-corrected chi connectivity index (χ3v) is 5.01. The molecule has 1 aliphatic heterocycles. The number of primary amides is 1. The lowest BCUT2D eigenvalue weighted by Gasteiger charge is -2.32. The van der Waals surface area contributed by atoms with Crippen LogP contribution < -0.4 is 16.0 Å². The van der Waals surface area contributed by atoms with E-state index in [1.165, 1.54) is 0 Å². The zero-order chi connectivity index (χ0) is 16.6. The fourth-order valence-electron chi connectivity index (χ4n) is 3.84. The summed E-state index contributed by atoms with van der Waals surface area (Å²) in [5.74, 6) is 0.463. The smallest absolute Gasteiger partial charge is 0.245 e. The Balaban J connectivity index is 1.69. The summed E-state index contributed by atoms with van der Waals surface area (Å²) >= 11 is 0. The summed E-state index contributed by atoms with van der Waals surface area (Å²) in [6.45, 7) is 2.59. The molecule has 23 heavy (non-hydrogen) atoms. The predicted octanol–water partition coefficient (Wildman–Crippen LogP) is 0.468. The molecule has 0 spiro atoms. The van der Waals surface area contributed by atoms with Gasteiger partial charge in [-0.05, 0) is 26.2 Å². The van der Waals surface area contributed by atoms with E-state index >= 15 is 0 Å². The quantitative estimate of drug-likeness (QED) is 0.843. The van der Waals surface area contributed by atoms with Crippen molar-refractivity contribution in [2.45, 2.75) is 51.1 Å². The van der Waals surface area contributed by atoms with Crippen LogP contribution in [0.5, 0.6) is 0 Å². The monoisotopic (exact) mass is 319 g/mol. The van der Waals surface area contributed by atoms with Crippen LogP contribution in [-0.2, 0) is 16.6 Å². The molecule has 3 rings (SSSR count). The van der Waals surface area contributed by atoms with Crippen LogP contribution in [0.4, 0.5) is 5.82 Å². The number of anilines is 1. The molecule has 0 unspecified atom stereocenters. The Hall–Kier alpha value is -1.89. The number of nitrogens with zero attached hydrogens (tertiary/aromatic N) is 3. The highest BCUT2D eigenvalue weighted by molar-refractivity contribution is 5.98. The summed E-state index contributed by atoms with van der Waals surface area (Å²) in [6.07, 6.45) is 4.57. The molecule has 3 N–H and O–H groups in total. The maximum Gasteiger partial charge on any atom is 0.245 e. The Morgan fingerprint density at radius 2 is 2.09 bits per heavy atom. The molecule has 2 heterocycles. The van der Waals surface area contributed by atoms with Gasteiger partial charge in [0, 0.05) is 25.7 Å². The standard InChI is InChI=1S/C16H25N5O2/c1-10-9-14(20(2)19-10)21-8-7-13(16(21)23)18-12-6-4-3-5-11(12)15(17)22/h9,11-13,18H,3-8H2,1-2H3,(H2,17,22)/t11-,12+,13+/m1/s1. The predicted molar refractivity (Wildman–Crippen MR) is 86.8 cm³/mol. The van der Waals surface area contributed by atoms with Gasteiger partial charge in [0.25, 0.3) is 0 Å². The molecule has 7 nitrogen and oxygen atoms in total. The molecule has 1 saturated heterocycles. The van der Waals surface area contributed by atoms with Crippen LogP contribution in [0.3, 0.4) is 0 Å². The number of rotatable bonds is 4. The van der Waals surface area contributed by atoms with E-state index in [4.69, 9.17) is 5.73 Å². The second-order valence-corrected chi connectivity index (χ2v) is 6.67. The molecule has 0 aromatic carbocycles. The second kappa shape index (κ2) is 6.31. The lowest BCUT2D eigenvalue weighted by atomic mass is 9.83. The number of aryl methyl sites for hydroxylation is 2. The topological polar surface area (TPSA) is 93.3 Å². The Morgan fingerprint density at radius 3 is 2.74 bits per heavy atom. The summed E-state index contributed by atoms with van der Waals surface area (Å²) < 4.78 is 1.74. The summed E-state index contributed by atoms with van der Waals surface area (Å²) in [5.41, 5.74) is 6.42. The van der Waals surface area contributed by atoms with Crippen LogP contribution in [0.2, 0.25) is 0 Å². The molecule has 1 aromatic heterocycles. The maximum absolute atomic E-state index is 12.7. The highest BCUT2D eigenvalue weighted by atomic mass is 16.2. The summed E-state index contributed by atoms with van der Waals surface area (Å²) in [5, 5.41) is 7.71. The summed E-state index contributed by atoms with van der Waals surface area (Å²) in [4.78, 5) is 26.1. The van der Waals surface area contributed by atoms with E-state index in [2.05, 4.69) is 10.4 Å². The zero-order valence-corrected chi connectivity index (χ0v) is 13.8. The largest absolute Gasteiger partial charge is 0.369 e. The molecule has 0 radical (unpaired) electrons. The van der Waals surface area contributed by atoms with Crippen molar-refractivity contribution >= 4 is 17.6 Å². The summed E-state index contributed by atoms with van der Waals surface area (Å²) in [6, 6.07) is 1.70. The molecule has 2 amide bonds. The molecule has 1 aliphatic carbocycles. The fourth-order valence-corrected chi connectivity index (χ4v) is 3.84. The number of nitrogens with two attached hydrogens (primary N) is 1. The normalized spacial score (nSPS) is 28.3. The van der Waals surface area contributed by atoms with E-state index in [1.807, 2.05) is 20.0 Å². The van der Waals surface area contributed by atoms with Gasteiger partial charge in [0.05, 0.1) is 17.7 Å². The highest BCUT2D eigenvalue weighted by Crippen LogP contribution is 2.27. The van der Waals surface area contributed by atoms with E-state index in [1.54, 1.807) is 9.58 Å². The average molecular weight is 319 g/mol. The van der Waals surface area contributed by atoms with Gasteiger partial charge < -0.3 is 11.1 Å². The Bertz CT molecular complexity index is 612. The van der Waals surface area contributed by atoms with E-state index in [0.29, 0.717) is 6.54 Å². The number of nitrogens with one attached hydrogen (secondary N) is 1. The van der Waals surface area contributed by atoms with Crippen molar-refractivity contribution in [2.75, 3.05) is 11.4 Å². The van der Waals surface area contributed by atoms with Crippen molar-refractivity contribution in [3.05, 3.63) is 11.8 Å². The molecule has 7 heteroatoms. The minimum absolute atomic E-state index is 0.0171. The van der Waals surface area contributed by atoms with Gasteiger partial charge in [-0.2, -0.15) is 5.10 Å². The van der Waals surface area contributed by atoms with E-state index < -0.39 is 0 Å². The molecule has 1 saturated carbocycles. The van der Waals surface area contributed by atoms with Crippen LogP contribution in [-0.4, -0.2) is 40.2 Å². The number of aromatic nitrogens is 2. The van der Waals surface area contributed by atoms with Crippen molar-refractivity contribution in [3.8, 4) is 0 Å². The van der Waals surface area contributed by atoms with Crippen molar-refractivity contribution in [3.63, 3.8) is 0 Å². The second-order valence-electron chi connectivity index (χ2n) is 6.67. The van der Waals surface area contributed by atoms with E-state index in [-0.39, 0.29) is 29.8 Å². The van der Waals surface area contributed by atoms with Crippen molar-refractivity contribution < 1.29 is 9.59 Å². The van der Waals surface area contributed by atoms with Gasteiger partial charge in [0.1, 0.15) is 5.82 Å². The molecular formula is C16H25N5O2. The number of hydrogen-bond acceptors (Lipinski definition) is 4. The van der Waals surface area contributed by atoms with Crippen LogP contribution >= 0.6 is 0 Å². The first-order chi connectivity index (χ1) is 11.0. The summed E-state index contributed by atoms with van der Waals surface area (Å²) in [7, 11) is 1.85. The molecule has 126 valence electrons. The van der Waals surface area contributed by atoms with Gasteiger partial charge >= 0.3 is 0 Å². The molecule has 3 atom stereocenters. The van der Waals surface area contributed by atoms with Crippen LogP contribution in [0.25, 0.3) is 0 Å². The SMILES string of the molecule is Cc1cc(N2CC[C@H](N[C@H]3CCCC[C@H]3C(N)=O)C2=O)n(C)n1. The molecular weight excluding hydrogens is 294 g/mol. The molecule has 2 aliphatic rings. The van der Waals surface area contributed by atoms with E-state index in [9.17, 15) is 9.59 Å². The average Bonchev–Trinajstić information content (AvgIpc) is 3.02. The fraction of sp³-hybridized carbons (Fsp3) is 0.688. The maximum atomic E-state index is 12.7. The minimum Gasteiger partial charge on any atom is -0.369 e. The first-order valence-electron chi connectivity index (χ1n) is 8.34. The van der Waals surface area contributed by atoms with Gasteiger partial charge in [-0.25, -0.2) is 0 Å². The Labute approximate surface area is 136 Å². The number of carbonyl (C=O) groups excluding carboxylic acids is 2. The zero-order valence-electron chi connectivity index (χ0n) is 13.8. The van der Waals surface area contributed by atoms with Crippen LogP contribution in [0.15, 0.2) is 6.07 Å². The number of carbonyl (C=O) groups is 2. The Kier molecular flexibility index (Phi) is 4.39. The van der Waals surface area contributed by atoms with Gasteiger partial charge in [0.15, 0.2) is 0 Å².